The minimum absolute atomic E-state index is 0.849. The molecule has 0 aliphatic carbocycles. The molecule has 18 heavy (non-hydrogen) atoms. The van der Waals surface area contributed by atoms with Gasteiger partial charge in [-0.1, -0.05) is 55.7 Å². The van der Waals surface area contributed by atoms with Crippen molar-refractivity contribution in [1.82, 2.24) is 0 Å². The third-order valence-electron chi connectivity index (χ3n) is 2.94. The number of aliphatic carboxylic acids is 1. The maximum atomic E-state index is 10.2. The first-order chi connectivity index (χ1) is 8.79. The van der Waals surface area contributed by atoms with Gasteiger partial charge in [0.25, 0.3) is 0 Å². The monoisotopic (exact) mass is 246 g/mol. The van der Waals surface area contributed by atoms with E-state index in [-0.39, 0.29) is 0 Å². The van der Waals surface area contributed by atoms with E-state index in [4.69, 9.17) is 5.11 Å². The van der Waals surface area contributed by atoms with Gasteiger partial charge >= 0.3 is 5.97 Å². The van der Waals surface area contributed by atoms with Gasteiger partial charge in [0.1, 0.15) is 0 Å². The van der Waals surface area contributed by atoms with Crippen LogP contribution in [0.3, 0.4) is 0 Å². The molecule has 0 spiro atoms. The fraction of sp³-hybridized carbons (Fsp3) is 0.438. The van der Waals surface area contributed by atoms with E-state index >= 15 is 0 Å². The summed E-state index contributed by atoms with van der Waals surface area (Å²) in [6.07, 6.45) is 11.1. The molecule has 0 amide bonds. The Hall–Kier alpha value is -1.57. The van der Waals surface area contributed by atoms with Crippen molar-refractivity contribution in [3.8, 4) is 0 Å². The molecule has 98 valence electrons. The summed E-state index contributed by atoms with van der Waals surface area (Å²) in [6, 6.07) is 10.6. The molecule has 0 atom stereocenters. The molecule has 0 saturated heterocycles. The molecule has 1 aromatic carbocycles. The highest BCUT2D eigenvalue weighted by Gasteiger charge is 1.93. The van der Waals surface area contributed by atoms with Crippen molar-refractivity contribution < 1.29 is 9.90 Å². The highest BCUT2D eigenvalue weighted by Crippen LogP contribution is 2.09. The lowest BCUT2D eigenvalue weighted by Crippen LogP contribution is -1.86. The Morgan fingerprint density at radius 1 is 1.00 bits per heavy atom. The maximum Gasteiger partial charge on any atom is 0.327 e. The lowest BCUT2D eigenvalue weighted by molar-refractivity contribution is -0.131. The number of rotatable bonds is 9. The largest absolute Gasteiger partial charge is 0.478 e. The molecule has 1 aromatic rings. The van der Waals surface area contributed by atoms with Gasteiger partial charge in [0, 0.05) is 6.08 Å². The SMILES string of the molecule is O=C(O)/C=C/CCCCCCCc1ccccc1. The normalized spacial score (nSPS) is 10.9. The summed E-state index contributed by atoms with van der Waals surface area (Å²) in [6.45, 7) is 0. The second-order valence-electron chi connectivity index (χ2n) is 4.53. The standard InChI is InChI=1S/C16H22O2/c17-16(18)14-10-5-3-1-2-4-7-11-15-12-8-6-9-13-15/h6,8-10,12-14H,1-5,7,11H2,(H,17,18)/b14-10+. The van der Waals surface area contributed by atoms with E-state index in [9.17, 15) is 4.79 Å². The summed E-state index contributed by atoms with van der Waals surface area (Å²) >= 11 is 0. The predicted molar refractivity (Wildman–Crippen MR) is 74.6 cm³/mol. The van der Waals surface area contributed by atoms with Gasteiger partial charge in [-0.15, -0.1) is 0 Å². The zero-order valence-electron chi connectivity index (χ0n) is 10.8. The molecule has 0 aliphatic rings. The highest BCUT2D eigenvalue weighted by atomic mass is 16.4. The van der Waals surface area contributed by atoms with Gasteiger partial charge in [-0.2, -0.15) is 0 Å². The van der Waals surface area contributed by atoms with Crippen molar-refractivity contribution in [1.29, 1.82) is 0 Å². The Morgan fingerprint density at radius 2 is 1.67 bits per heavy atom. The fourth-order valence-electron chi connectivity index (χ4n) is 1.95. The molecular formula is C16H22O2. The zero-order valence-corrected chi connectivity index (χ0v) is 10.8. The van der Waals surface area contributed by atoms with Crippen LogP contribution >= 0.6 is 0 Å². The molecule has 0 fully saturated rings. The Balaban J connectivity index is 1.92. The zero-order chi connectivity index (χ0) is 13.1. The van der Waals surface area contributed by atoms with Crippen molar-refractivity contribution in [2.75, 3.05) is 0 Å². The van der Waals surface area contributed by atoms with Crippen LogP contribution < -0.4 is 0 Å². The average Bonchev–Trinajstić information content (AvgIpc) is 2.37. The third-order valence-corrected chi connectivity index (χ3v) is 2.94. The van der Waals surface area contributed by atoms with Crippen LogP contribution in [0, 0.1) is 0 Å². The van der Waals surface area contributed by atoms with Crippen LogP contribution in [0.5, 0.6) is 0 Å². The number of aryl methyl sites for hydroxylation is 1. The quantitative estimate of drug-likeness (QED) is 0.523. The number of benzene rings is 1. The molecule has 0 radical (unpaired) electrons. The van der Waals surface area contributed by atoms with Gasteiger partial charge in [0.2, 0.25) is 0 Å². The van der Waals surface area contributed by atoms with E-state index in [0.29, 0.717) is 0 Å². The maximum absolute atomic E-state index is 10.2. The molecule has 0 aromatic heterocycles. The number of hydrogen-bond donors (Lipinski definition) is 1. The molecule has 0 bridgehead atoms. The number of allylic oxidation sites excluding steroid dienone is 1. The number of hydrogen-bond acceptors (Lipinski definition) is 1. The van der Waals surface area contributed by atoms with Crippen molar-refractivity contribution in [2.45, 2.75) is 44.9 Å². The summed E-state index contributed by atoms with van der Waals surface area (Å²) in [5, 5.41) is 8.41. The summed E-state index contributed by atoms with van der Waals surface area (Å²) < 4.78 is 0. The number of unbranched alkanes of at least 4 members (excludes halogenated alkanes) is 5. The second kappa shape index (κ2) is 9.46. The molecule has 1 rings (SSSR count). The number of carboxylic acids is 1. The van der Waals surface area contributed by atoms with E-state index in [1.54, 1.807) is 6.08 Å². The summed E-state index contributed by atoms with van der Waals surface area (Å²) in [5.74, 6) is -0.849. The minimum Gasteiger partial charge on any atom is -0.478 e. The van der Waals surface area contributed by atoms with E-state index in [1.165, 1.54) is 43.7 Å². The van der Waals surface area contributed by atoms with Gasteiger partial charge in [-0.05, 0) is 31.2 Å². The van der Waals surface area contributed by atoms with Gasteiger partial charge in [-0.25, -0.2) is 4.79 Å². The number of carboxylic acid groups (broad SMARTS) is 1. The van der Waals surface area contributed by atoms with Gasteiger partial charge in [0.15, 0.2) is 0 Å². The first-order valence-corrected chi connectivity index (χ1v) is 6.72. The topological polar surface area (TPSA) is 37.3 Å². The third kappa shape index (κ3) is 7.66. The van der Waals surface area contributed by atoms with E-state index in [2.05, 4.69) is 24.3 Å². The molecule has 2 nitrogen and oxygen atoms in total. The number of carbonyl (C=O) groups is 1. The van der Waals surface area contributed by atoms with Crippen LogP contribution in [0.15, 0.2) is 42.5 Å². The smallest absolute Gasteiger partial charge is 0.327 e. The van der Waals surface area contributed by atoms with Crippen LogP contribution in [-0.4, -0.2) is 11.1 Å². The van der Waals surface area contributed by atoms with Crippen LogP contribution in [0.1, 0.15) is 44.1 Å². The lowest BCUT2D eigenvalue weighted by atomic mass is 10.0. The van der Waals surface area contributed by atoms with Crippen LogP contribution in [0.25, 0.3) is 0 Å². The van der Waals surface area contributed by atoms with Gasteiger partial charge < -0.3 is 5.11 Å². The lowest BCUT2D eigenvalue weighted by Gasteiger charge is -2.01. The molecule has 0 saturated carbocycles. The highest BCUT2D eigenvalue weighted by molar-refractivity contribution is 5.79. The van der Waals surface area contributed by atoms with Crippen LogP contribution in [0.4, 0.5) is 0 Å². The molecule has 0 heterocycles. The van der Waals surface area contributed by atoms with Crippen molar-refractivity contribution in [3.63, 3.8) is 0 Å². The Bertz CT molecular complexity index is 355. The van der Waals surface area contributed by atoms with E-state index in [0.717, 1.165) is 12.8 Å². The van der Waals surface area contributed by atoms with Crippen LogP contribution in [0.2, 0.25) is 0 Å². The van der Waals surface area contributed by atoms with Crippen LogP contribution in [-0.2, 0) is 11.2 Å². The molecule has 0 unspecified atom stereocenters. The second-order valence-corrected chi connectivity index (χ2v) is 4.53. The Kier molecular flexibility index (Phi) is 7.61. The van der Waals surface area contributed by atoms with Crippen molar-refractivity contribution >= 4 is 5.97 Å². The first kappa shape index (κ1) is 14.5. The van der Waals surface area contributed by atoms with Crippen molar-refractivity contribution in [3.05, 3.63) is 48.0 Å². The summed E-state index contributed by atoms with van der Waals surface area (Å²) in [5.41, 5.74) is 1.42. The summed E-state index contributed by atoms with van der Waals surface area (Å²) in [7, 11) is 0. The predicted octanol–water partition coefficient (Wildman–Crippen LogP) is 4.21. The Morgan fingerprint density at radius 3 is 2.39 bits per heavy atom. The molecule has 1 N–H and O–H groups in total. The molecule has 2 heteroatoms. The van der Waals surface area contributed by atoms with Crippen molar-refractivity contribution in [2.24, 2.45) is 0 Å². The summed E-state index contributed by atoms with van der Waals surface area (Å²) in [4.78, 5) is 10.2. The van der Waals surface area contributed by atoms with Gasteiger partial charge in [-0.3, -0.25) is 0 Å². The molecule has 0 aliphatic heterocycles. The first-order valence-electron chi connectivity index (χ1n) is 6.72. The molecular weight excluding hydrogens is 224 g/mol. The van der Waals surface area contributed by atoms with Gasteiger partial charge in [0.05, 0.1) is 0 Å². The Labute approximate surface area is 109 Å². The average molecular weight is 246 g/mol. The minimum atomic E-state index is -0.849. The fourth-order valence-corrected chi connectivity index (χ4v) is 1.95. The van der Waals surface area contributed by atoms with E-state index in [1.807, 2.05) is 6.07 Å². The van der Waals surface area contributed by atoms with E-state index < -0.39 is 5.97 Å².